The van der Waals surface area contributed by atoms with E-state index in [-0.39, 0.29) is 0 Å². The van der Waals surface area contributed by atoms with Gasteiger partial charge in [0, 0.05) is 16.6 Å². The molecule has 0 aliphatic rings. The van der Waals surface area contributed by atoms with Gasteiger partial charge in [-0.1, -0.05) is 13.3 Å². The van der Waals surface area contributed by atoms with Crippen LogP contribution < -0.4 is 0 Å². The summed E-state index contributed by atoms with van der Waals surface area (Å²) in [5, 5.41) is 9.29. The molecule has 0 rings (SSSR count). The minimum Gasteiger partial charge on any atom is -0.390 e. The average Bonchev–Trinajstić information content (AvgIpc) is 1.79. The lowest BCUT2D eigenvalue weighted by molar-refractivity contribution is 0.106. The molecule has 0 saturated carbocycles. The van der Waals surface area contributed by atoms with Crippen molar-refractivity contribution in [1.29, 1.82) is 0 Å². The summed E-state index contributed by atoms with van der Waals surface area (Å²) in [5.41, 5.74) is -0.779. The molecule has 2 nitrogen and oxygen atoms in total. The maximum Gasteiger partial charge on any atom is 0.0706 e. The Bertz CT molecular complexity index is 127. The van der Waals surface area contributed by atoms with E-state index in [0.29, 0.717) is 5.75 Å². The maximum absolute atomic E-state index is 11.2. The molecular weight excluding hydrogens is 160 g/mol. The minimum atomic E-state index is -0.839. The predicted octanol–water partition coefficient (Wildman–Crippen LogP) is 1.31. The first kappa shape index (κ1) is 11.1. The van der Waals surface area contributed by atoms with E-state index in [2.05, 4.69) is 6.92 Å². The van der Waals surface area contributed by atoms with E-state index >= 15 is 0 Å². The van der Waals surface area contributed by atoms with E-state index in [1.807, 2.05) is 0 Å². The van der Waals surface area contributed by atoms with Crippen LogP contribution in [0.5, 0.6) is 0 Å². The fourth-order valence-corrected chi connectivity index (χ4v) is 2.31. The third-order valence-corrected chi connectivity index (χ3v) is 3.01. The summed E-state index contributed by atoms with van der Waals surface area (Å²) < 4.78 is 11.2. The van der Waals surface area contributed by atoms with Gasteiger partial charge in [-0.3, -0.25) is 4.21 Å². The molecule has 0 saturated heterocycles. The summed E-state index contributed by atoms with van der Waals surface area (Å²) in [6, 6.07) is 0. The SMILES string of the molecule is CCCCS(=O)CC(C)(C)O. The van der Waals surface area contributed by atoms with E-state index in [1.165, 1.54) is 0 Å². The lowest BCUT2D eigenvalue weighted by Gasteiger charge is -2.15. The standard InChI is InChI=1S/C8H18O2S/c1-4-5-6-11(10)7-8(2,3)9/h9H,4-7H2,1-3H3. The Morgan fingerprint density at radius 2 is 2.00 bits per heavy atom. The van der Waals surface area contributed by atoms with Gasteiger partial charge in [0.05, 0.1) is 11.4 Å². The molecule has 0 bridgehead atoms. The molecule has 0 fully saturated rings. The molecule has 11 heavy (non-hydrogen) atoms. The second-order valence-corrected chi connectivity index (χ2v) is 5.03. The molecule has 1 unspecified atom stereocenters. The summed E-state index contributed by atoms with van der Waals surface area (Å²) in [4.78, 5) is 0. The van der Waals surface area contributed by atoms with Gasteiger partial charge in [-0.2, -0.15) is 0 Å². The van der Waals surface area contributed by atoms with Gasteiger partial charge in [0.1, 0.15) is 0 Å². The molecule has 68 valence electrons. The first-order chi connectivity index (χ1) is 4.95. The van der Waals surface area contributed by atoms with Crippen LogP contribution in [0, 0.1) is 0 Å². The van der Waals surface area contributed by atoms with Crippen molar-refractivity contribution in [2.45, 2.75) is 39.2 Å². The predicted molar refractivity (Wildman–Crippen MR) is 49.1 cm³/mol. The Hall–Kier alpha value is 0.110. The van der Waals surface area contributed by atoms with Crippen molar-refractivity contribution in [3.63, 3.8) is 0 Å². The largest absolute Gasteiger partial charge is 0.390 e. The van der Waals surface area contributed by atoms with Gasteiger partial charge >= 0.3 is 0 Å². The highest BCUT2D eigenvalue weighted by Gasteiger charge is 2.15. The third kappa shape index (κ3) is 8.01. The Balaban J connectivity index is 3.53. The van der Waals surface area contributed by atoms with Crippen LogP contribution in [0.2, 0.25) is 0 Å². The maximum atomic E-state index is 11.2. The third-order valence-electron chi connectivity index (χ3n) is 1.24. The van der Waals surface area contributed by atoms with E-state index in [1.54, 1.807) is 13.8 Å². The molecular formula is C8H18O2S. The summed E-state index contributed by atoms with van der Waals surface area (Å²) in [6.07, 6.45) is 2.06. The van der Waals surface area contributed by atoms with Crippen molar-refractivity contribution < 1.29 is 9.32 Å². The molecule has 0 radical (unpaired) electrons. The summed E-state index contributed by atoms with van der Waals surface area (Å²) in [7, 11) is -0.839. The number of rotatable bonds is 5. The zero-order valence-electron chi connectivity index (χ0n) is 7.59. The van der Waals surface area contributed by atoms with Gasteiger partial charge < -0.3 is 5.11 Å². The second-order valence-electron chi connectivity index (χ2n) is 3.45. The van der Waals surface area contributed by atoms with Crippen LogP contribution in [-0.4, -0.2) is 26.4 Å². The highest BCUT2D eigenvalue weighted by molar-refractivity contribution is 7.85. The number of unbranched alkanes of at least 4 members (excludes halogenated alkanes) is 1. The van der Waals surface area contributed by atoms with Crippen LogP contribution in [0.25, 0.3) is 0 Å². The molecule has 0 aromatic heterocycles. The van der Waals surface area contributed by atoms with Gasteiger partial charge in [0.25, 0.3) is 0 Å². The van der Waals surface area contributed by atoms with Crippen LogP contribution in [0.15, 0.2) is 0 Å². The van der Waals surface area contributed by atoms with E-state index in [9.17, 15) is 9.32 Å². The van der Waals surface area contributed by atoms with E-state index < -0.39 is 16.4 Å². The van der Waals surface area contributed by atoms with Crippen molar-refractivity contribution in [2.75, 3.05) is 11.5 Å². The fraction of sp³-hybridized carbons (Fsp3) is 1.00. The molecule has 1 atom stereocenters. The van der Waals surface area contributed by atoms with Crippen LogP contribution >= 0.6 is 0 Å². The zero-order valence-corrected chi connectivity index (χ0v) is 8.41. The lowest BCUT2D eigenvalue weighted by atomic mass is 10.2. The Morgan fingerprint density at radius 3 is 2.36 bits per heavy atom. The number of hydrogen-bond acceptors (Lipinski definition) is 2. The van der Waals surface area contributed by atoms with E-state index in [0.717, 1.165) is 18.6 Å². The first-order valence-corrected chi connectivity index (χ1v) is 5.52. The van der Waals surface area contributed by atoms with Crippen LogP contribution in [0.4, 0.5) is 0 Å². The average molecular weight is 178 g/mol. The number of hydrogen-bond donors (Lipinski definition) is 1. The first-order valence-electron chi connectivity index (χ1n) is 4.03. The molecule has 3 heteroatoms. The summed E-state index contributed by atoms with van der Waals surface area (Å²) in [5.74, 6) is 1.12. The molecule has 0 aliphatic carbocycles. The van der Waals surface area contributed by atoms with Crippen molar-refractivity contribution >= 4 is 10.8 Å². The van der Waals surface area contributed by atoms with Crippen molar-refractivity contribution in [3.8, 4) is 0 Å². The molecule has 0 aromatic carbocycles. The Labute approximate surface area is 71.5 Å². The molecule has 0 aliphatic heterocycles. The van der Waals surface area contributed by atoms with Crippen LogP contribution in [0.3, 0.4) is 0 Å². The molecule has 1 N–H and O–H groups in total. The summed E-state index contributed by atoms with van der Waals surface area (Å²) in [6.45, 7) is 5.45. The van der Waals surface area contributed by atoms with Gasteiger partial charge in [0.2, 0.25) is 0 Å². The quantitative estimate of drug-likeness (QED) is 0.689. The molecule has 0 aromatic rings. The van der Waals surface area contributed by atoms with Gasteiger partial charge in [0.15, 0.2) is 0 Å². The lowest BCUT2D eigenvalue weighted by Crippen LogP contribution is -2.28. The van der Waals surface area contributed by atoms with Crippen molar-refractivity contribution in [1.82, 2.24) is 0 Å². The topological polar surface area (TPSA) is 37.3 Å². The second kappa shape index (κ2) is 4.88. The zero-order chi connectivity index (χ0) is 8.91. The van der Waals surface area contributed by atoms with Gasteiger partial charge in [-0.25, -0.2) is 0 Å². The van der Waals surface area contributed by atoms with Crippen LogP contribution in [-0.2, 0) is 10.8 Å². The normalized spacial score (nSPS) is 14.9. The fourth-order valence-electron chi connectivity index (χ4n) is 0.771. The molecule has 0 spiro atoms. The monoisotopic (exact) mass is 178 g/mol. The smallest absolute Gasteiger partial charge is 0.0706 e. The Kier molecular flexibility index (Phi) is 4.93. The molecule has 0 heterocycles. The molecule has 0 amide bonds. The summed E-state index contributed by atoms with van der Waals surface area (Å²) >= 11 is 0. The van der Waals surface area contributed by atoms with Gasteiger partial charge in [-0.15, -0.1) is 0 Å². The van der Waals surface area contributed by atoms with Crippen molar-refractivity contribution in [3.05, 3.63) is 0 Å². The highest BCUT2D eigenvalue weighted by atomic mass is 32.2. The highest BCUT2D eigenvalue weighted by Crippen LogP contribution is 2.04. The Morgan fingerprint density at radius 1 is 1.45 bits per heavy atom. The number of aliphatic hydroxyl groups is 1. The van der Waals surface area contributed by atoms with E-state index in [4.69, 9.17) is 0 Å². The van der Waals surface area contributed by atoms with Gasteiger partial charge in [-0.05, 0) is 20.3 Å². The van der Waals surface area contributed by atoms with Crippen LogP contribution in [0.1, 0.15) is 33.6 Å². The van der Waals surface area contributed by atoms with Crippen molar-refractivity contribution in [2.24, 2.45) is 0 Å². The minimum absolute atomic E-state index is 0.396.